The maximum atomic E-state index is 12.5. The molecule has 2 aromatic carbocycles. The van der Waals surface area contributed by atoms with E-state index in [1.807, 2.05) is 48.5 Å². The predicted molar refractivity (Wildman–Crippen MR) is 107 cm³/mol. The molecule has 1 atom stereocenters. The third-order valence-corrected chi connectivity index (χ3v) is 4.11. The summed E-state index contributed by atoms with van der Waals surface area (Å²) in [5, 5.41) is 6.43. The molecule has 6 nitrogen and oxygen atoms in total. The molecular formula is C21H23N5O. The summed E-state index contributed by atoms with van der Waals surface area (Å²) < 4.78 is 0. The number of carbonyl (C=O) groups excluding carboxylic acids is 1. The monoisotopic (exact) mass is 361 g/mol. The Labute approximate surface area is 159 Å². The number of hydrogen-bond donors (Lipinski definition) is 2. The van der Waals surface area contributed by atoms with Crippen LogP contribution < -0.4 is 10.6 Å². The number of benzene rings is 2. The lowest BCUT2D eigenvalue weighted by atomic mass is 10.1. The first-order valence-corrected chi connectivity index (χ1v) is 9.06. The molecule has 0 bridgehead atoms. The predicted octanol–water partition coefficient (Wildman–Crippen LogP) is 4.25. The number of rotatable bonds is 8. The molecule has 0 aliphatic heterocycles. The lowest BCUT2D eigenvalue weighted by Crippen LogP contribution is -2.18. The van der Waals surface area contributed by atoms with E-state index < -0.39 is 0 Å². The Morgan fingerprint density at radius 3 is 2.22 bits per heavy atom. The van der Waals surface area contributed by atoms with Crippen molar-refractivity contribution in [1.29, 1.82) is 0 Å². The molecule has 1 heterocycles. The highest BCUT2D eigenvalue weighted by molar-refractivity contribution is 5.97. The third kappa shape index (κ3) is 5.34. The first-order chi connectivity index (χ1) is 13.1. The Hall–Kier alpha value is -3.28. The van der Waals surface area contributed by atoms with Crippen molar-refractivity contribution in [3.63, 3.8) is 0 Å². The fourth-order valence-corrected chi connectivity index (χ4v) is 2.46. The largest absolute Gasteiger partial charge is 0.352 e. The van der Waals surface area contributed by atoms with Crippen molar-refractivity contribution < 1.29 is 4.79 Å². The van der Waals surface area contributed by atoms with Gasteiger partial charge in [0.15, 0.2) is 5.78 Å². The van der Waals surface area contributed by atoms with Gasteiger partial charge in [-0.15, -0.1) is 0 Å². The number of nitrogens with one attached hydrogen (secondary N) is 2. The van der Waals surface area contributed by atoms with E-state index in [4.69, 9.17) is 0 Å². The van der Waals surface area contributed by atoms with Crippen LogP contribution in [0.15, 0.2) is 60.7 Å². The van der Waals surface area contributed by atoms with Crippen LogP contribution in [0, 0.1) is 0 Å². The van der Waals surface area contributed by atoms with Gasteiger partial charge in [0, 0.05) is 17.3 Å². The summed E-state index contributed by atoms with van der Waals surface area (Å²) in [6.07, 6.45) is 1.05. The van der Waals surface area contributed by atoms with Gasteiger partial charge in [-0.05, 0) is 25.5 Å². The highest BCUT2D eigenvalue weighted by Crippen LogP contribution is 2.15. The van der Waals surface area contributed by atoms with E-state index in [2.05, 4.69) is 39.4 Å². The lowest BCUT2D eigenvalue weighted by Gasteiger charge is -2.13. The average Bonchev–Trinajstić information content (AvgIpc) is 2.69. The van der Waals surface area contributed by atoms with Crippen LogP contribution in [-0.2, 0) is 6.42 Å². The highest BCUT2D eigenvalue weighted by Gasteiger charge is 2.13. The van der Waals surface area contributed by atoms with Crippen LogP contribution in [-0.4, -0.2) is 26.8 Å². The molecule has 3 aromatic rings. The van der Waals surface area contributed by atoms with Crippen LogP contribution in [0.2, 0.25) is 0 Å². The van der Waals surface area contributed by atoms with Crippen molar-refractivity contribution >= 4 is 23.4 Å². The zero-order valence-corrected chi connectivity index (χ0v) is 15.5. The number of para-hydroxylation sites is 1. The number of ketones is 1. The van der Waals surface area contributed by atoms with Crippen LogP contribution in [0.25, 0.3) is 0 Å². The topological polar surface area (TPSA) is 79.8 Å². The third-order valence-electron chi connectivity index (χ3n) is 4.11. The van der Waals surface area contributed by atoms with Crippen LogP contribution >= 0.6 is 0 Å². The quantitative estimate of drug-likeness (QED) is 0.584. The molecule has 2 N–H and O–H groups in total. The standard InChI is InChI=1S/C21H23N5O/c1-3-15(2)22-20-24-19(14-18(27)16-10-6-4-7-11-16)25-21(26-20)23-17-12-8-5-9-13-17/h4-13,15H,3,14H2,1-2H3,(H2,22,23,24,25,26). The van der Waals surface area contributed by atoms with Gasteiger partial charge in [-0.1, -0.05) is 55.5 Å². The Balaban J connectivity index is 1.86. The molecule has 0 saturated heterocycles. The molecular weight excluding hydrogens is 338 g/mol. The minimum atomic E-state index is -0.0260. The Morgan fingerprint density at radius 1 is 0.926 bits per heavy atom. The van der Waals surface area contributed by atoms with Gasteiger partial charge in [-0.2, -0.15) is 15.0 Å². The van der Waals surface area contributed by atoms with E-state index in [0.29, 0.717) is 23.3 Å². The number of anilines is 3. The number of aromatic nitrogens is 3. The van der Waals surface area contributed by atoms with E-state index in [1.165, 1.54) is 0 Å². The smallest absolute Gasteiger partial charge is 0.232 e. The molecule has 0 aliphatic rings. The summed E-state index contributed by atoms with van der Waals surface area (Å²) in [5.74, 6) is 1.29. The summed E-state index contributed by atoms with van der Waals surface area (Å²) in [6, 6.07) is 19.1. The minimum Gasteiger partial charge on any atom is -0.352 e. The SMILES string of the molecule is CCC(C)Nc1nc(CC(=O)c2ccccc2)nc(Nc2ccccc2)n1. The maximum Gasteiger partial charge on any atom is 0.232 e. The van der Waals surface area contributed by atoms with E-state index in [0.717, 1.165) is 12.1 Å². The van der Waals surface area contributed by atoms with Crippen molar-refractivity contribution in [2.45, 2.75) is 32.7 Å². The molecule has 0 radical (unpaired) electrons. The molecule has 0 amide bonds. The second kappa shape index (κ2) is 8.89. The molecule has 0 saturated carbocycles. The molecule has 1 unspecified atom stereocenters. The zero-order chi connectivity index (χ0) is 19.1. The molecule has 138 valence electrons. The van der Waals surface area contributed by atoms with Gasteiger partial charge in [0.25, 0.3) is 0 Å². The Morgan fingerprint density at radius 2 is 1.56 bits per heavy atom. The normalized spacial score (nSPS) is 11.6. The second-order valence-corrected chi connectivity index (χ2v) is 6.31. The maximum absolute atomic E-state index is 12.5. The lowest BCUT2D eigenvalue weighted by molar-refractivity contribution is 0.0991. The Bertz CT molecular complexity index is 884. The van der Waals surface area contributed by atoms with Gasteiger partial charge in [0.2, 0.25) is 11.9 Å². The number of carbonyl (C=O) groups is 1. The Kier molecular flexibility index (Phi) is 6.10. The number of Topliss-reactive ketones (excluding diaryl/α,β-unsaturated/α-hetero) is 1. The van der Waals surface area contributed by atoms with Crippen LogP contribution in [0.4, 0.5) is 17.6 Å². The number of hydrogen-bond acceptors (Lipinski definition) is 6. The van der Waals surface area contributed by atoms with Crippen LogP contribution in [0.1, 0.15) is 36.5 Å². The van der Waals surface area contributed by atoms with Gasteiger partial charge in [0.1, 0.15) is 5.82 Å². The fraction of sp³-hybridized carbons (Fsp3) is 0.238. The van der Waals surface area contributed by atoms with Crippen LogP contribution in [0.3, 0.4) is 0 Å². The van der Waals surface area contributed by atoms with E-state index in [1.54, 1.807) is 12.1 Å². The second-order valence-electron chi connectivity index (χ2n) is 6.31. The molecule has 0 aliphatic carbocycles. The van der Waals surface area contributed by atoms with Crippen molar-refractivity contribution in [2.75, 3.05) is 10.6 Å². The van der Waals surface area contributed by atoms with Gasteiger partial charge in [0.05, 0.1) is 6.42 Å². The van der Waals surface area contributed by atoms with E-state index in [-0.39, 0.29) is 18.2 Å². The molecule has 27 heavy (non-hydrogen) atoms. The summed E-state index contributed by atoms with van der Waals surface area (Å²) >= 11 is 0. The summed E-state index contributed by atoms with van der Waals surface area (Å²) in [7, 11) is 0. The summed E-state index contributed by atoms with van der Waals surface area (Å²) in [4.78, 5) is 25.8. The first-order valence-electron chi connectivity index (χ1n) is 9.06. The van der Waals surface area contributed by atoms with Gasteiger partial charge in [-0.25, -0.2) is 0 Å². The van der Waals surface area contributed by atoms with Gasteiger partial charge in [-0.3, -0.25) is 4.79 Å². The van der Waals surface area contributed by atoms with Gasteiger partial charge < -0.3 is 10.6 Å². The molecule has 1 aromatic heterocycles. The van der Waals surface area contributed by atoms with E-state index >= 15 is 0 Å². The van der Waals surface area contributed by atoms with E-state index in [9.17, 15) is 4.79 Å². The van der Waals surface area contributed by atoms with Crippen molar-refractivity contribution in [3.05, 3.63) is 72.1 Å². The molecule has 6 heteroatoms. The number of nitrogens with zero attached hydrogens (tertiary/aromatic N) is 3. The van der Waals surface area contributed by atoms with Gasteiger partial charge >= 0.3 is 0 Å². The van der Waals surface area contributed by atoms with Crippen molar-refractivity contribution in [2.24, 2.45) is 0 Å². The van der Waals surface area contributed by atoms with Crippen molar-refractivity contribution in [1.82, 2.24) is 15.0 Å². The molecule has 0 fully saturated rings. The highest BCUT2D eigenvalue weighted by atomic mass is 16.1. The zero-order valence-electron chi connectivity index (χ0n) is 15.5. The van der Waals surface area contributed by atoms with Crippen molar-refractivity contribution in [3.8, 4) is 0 Å². The summed E-state index contributed by atoms with van der Waals surface area (Å²) in [6.45, 7) is 4.14. The summed E-state index contributed by atoms with van der Waals surface area (Å²) in [5.41, 5.74) is 1.52. The average molecular weight is 361 g/mol. The minimum absolute atomic E-state index is 0.0260. The first kappa shape index (κ1) is 18.5. The van der Waals surface area contributed by atoms with Crippen LogP contribution in [0.5, 0.6) is 0 Å². The fourth-order valence-electron chi connectivity index (χ4n) is 2.46. The molecule has 0 spiro atoms. The molecule has 3 rings (SSSR count).